The number of nitrogens with two attached hydrogens (primary N) is 1. The van der Waals surface area contributed by atoms with E-state index in [4.69, 9.17) is 10.2 Å². The van der Waals surface area contributed by atoms with Crippen molar-refractivity contribution >= 4 is 5.91 Å². The maximum atomic E-state index is 11.6. The Kier molecular flexibility index (Phi) is 4.37. The maximum absolute atomic E-state index is 11.6. The largest absolute Gasteiger partial charge is 0.467 e. The van der Waals surface area contributed by atoms with Crippen LogP contribution in [0.4, 0.5) is 0 Å². The van der Waals surface area contributed by atoms with Crippen LogP contribution in [-0.2, 0) is 11.3 Å². The number of nitrogens with one attached hydrogen (secondary N) is 1. The van der Waals surface area contributed by atoms with Crippen LogP contribution in [0.25, 0.3) is 0 Å². The number of carbonyl (C=O) groups is 1. The van der Waals surface area contributed by atoms with E-state index in [9.17, 15) is 4.79 Å². The highest BCUT2D eigenvalue weighted by atomic mass is 16.3. The summed E-state index contributed by atoms with van der Waals surface area (Å²) >= 11 is 0. The van der Waals surface area contributed by atoms with Gasteiger partial charge >= 0.3 is 0 Å². The van der Waals surface area contributed by atoms with Crippen LogP contribution in [0.2, 0.25) is 0 Å². The first kappa shape index (κ1) is 11.8. The lowest BCUT2D eigenvalue weighted by Crippen LogP contribution is -2.44. The van der Waals surface area contributed by atoms with Crippen molar-refractivity contribution in [1.82, 2.24) is 5.32 Å². The quantitative estimate of drug-likeness (QED) is 0.769. The van der Waals surface area contributed by atoms with Crippen LogP contribution in [0.1, 0.15) is 26.0 Å². The number of hydrogen-bond acceptors (Lipinski definition) is 3. The molecule has 15 heavy (non-hydrogen) atoms. The molecule has 2 unspecified atom stereocenters. The predicted octanol–water partition coefficient (Wildman–Crippen LogP) is 1.27. The number of rotatable bonds is 5. The summed E-state index contributed by atoms with van der Waals surface area (Å²) in [5.41, 5.74) is 5.77. The van der Waals surface area contributed by atoms with Crippen LogP contribution in [0.3, 0.4) is 0 Å². The summed E-state index contributed by atoms with van der Waals surface area (Å²) in [6, 6.07) is 3.16. The number of hydrogen-bond donors (Lipinski definition) is 2. The fraction of sp³-hybridized carbons (Fsp3) is 0.545. The summed E-state index contributed by atoms with van der Waals surface area (Å²) in [6.07, 6.45) is 2.48. The lowest BCUT2D eigenvalue weighted by Gasteiger charge is -2.17. The van der Waals surface area contributed by atoms with Crippen molar-refractivity contribution < 1.29 is 9.21 Å². The molecule has 1 heterocycles. The smallest absolute Gasteiger partial charge is 0.237 e. The van der Waals surface area contributed by atoms with Crippen molar-refractivity contribution in [3.05, 3.63) is 24.2 Å². The van der Waals surface area contributed by atoms with Gasteiger partial charge in [0.25, 0.3) is 0 Å². The van der Waals surface area contributed by atoms with Crippen molar-refractivity contribution in [2.75, 3.05) is 0 Å². The minimum atomic E-state index is -0.440. The van der Waals surface area contributed by atoms with Gasteiger partial charge in [0.15, 0.2) is 0 Å². The first-order valence-electron chi connectivity index (χ1n) is 5.20. The van der Waals surface area contributed by atoms with Gasteiger partial charge in [0.05, 0.1) is 18.8 Å². The average molecular weight is 210 g/mol. The van der Waals surface area contributed by atoms with Crippen LogP contribution >= 0.6 is 0 Å². The van der Waals surface area contributed by atoms with Crippen LogP contribution < -0.4 is 11.1 Å². The molecular formula is C11H18N2O2. The summed E-state index contributed by atoms with van der Waals surface area (Å²) in [6.45, 7) is 4.39. The summed E-state index contributed by atoms with van der Waals surface area (Å²) in [5, 5.41) is 2.74. The van der Waals surface area contributed by atoms with Crippen molar-refractivity contribution in [3.8, 4) is 0 Å². The topological polar surface area (TPSA) is 68.3 Å². The van der Waals surface area contributed by atoms with E-state index in [1.165, 1.54) is 0 Å². The molecule has 0 radical (unpaired) electrons. The molecule has 0 aliphatic rings. The number of furan rings is 1. The van der Waals surface area contributed by atoms with Gasteiger partial charge < -0.3 is 15.5 Å². The molecule has 0 aromatic carbocycles. The molecule has 0 saturated heterocycles. The maximum Gasteiger partial charge on any atom is 0.237 e. The van der Waals surface area contributed by atoms with Gasteiger partial charge in [0, 0.05) is 0 Å². The zero-order valence-corrected chi connectivity index (χ0v) is 9.19. The van der Waals surface area contributed by atoms with E-state index in [1.807, 2.05) is 19.9 Å². The summed E-state index contributed by atoms with van der Waals surface area (Å²) in [5.74, 6) is 0.807. The first-order chi connectivity index (χ1) is 7.15. The Hall–Kier alpha value is -1.29. The molecule has 1 aromatic heterocycles. The van der Waals surface area contributed by atoms with Crippen LogP contribution in [-0.4, -0.2) is 11.9 Å². The van der Waals surface area contributed by atoms with Gasteiger partial charge in [-0.15, -0.1) is 0 Å². The monoisotopic (exact) mass is 210 g/mol. The molecule has 4 heteroatoms. The highest BCUT2D eigenvalue weighted by Crippen LogP contribution is 2.05. The van der Waals surface area contributed by atoms with Crippen molar-refractivity contribution in [2.45, 2.75) is 32.9 Å². The van der Waals surface area contributed by atoms with Crippen molar-refractivity contribution in [2.24, 2.45) is 11.7 Å². The SMILES string of the molecule is CCC(C)C(N)C(=O)NCc1ccco1. The lowest BCUT2D eigenvalue weighted by molar-refractivity contribution is -0.123. The lowest BCUT2D eigenvalue weighted by atomic mass is 9.99. The predicted molar refractivity (Wildman–Crippen MR) is 58.0 cm³/mol. The Morgan fingerprint density at radius 2 is 2.40 bits per heavy atom. The Morgan fingerprint density at radius 3 is 2.93 bits per heavy atom. The third-order valence-electron chi connectivity index (χ3n) is 2.58. The molecule has 1 amide bonds. The standard InChI is InChI=1S/C11H18N2O2/c1-3-8(2)10(12)11(14)13-7-9-5-4-6-15-9/h4-6,8,10H,3,7,12H2,1-2H3,(H,13,14). The van der Waals surface area contributed by atoms with Gasteiger partial charge in [-0.25, -0.2) is 0 Å². The molecular weight excluding hydrogens is 192 g/mol. The molecule has 0 spiro atoms. The number of carbonyl (C=O) groups excluding carboxylic acids is 1. The van der Waals surface area contributed by atoms with E-state index in [0.29, 0.717) is 6.54 Å². The van der Waals surface area contributed by atoms with E-state index in [2.05, 4.69) is 5.32 Å². The third kappa shape index (κ3) is 3.40. The van der Waals surface area contributed by atoms with Crippen LogP contribution in [0.5, 0.6) is 0 Å². The Bertz CT molecular complexity index is 296. The summed E-state index contributed by atoms with van der Waals surface area (Å²) < 4.78 is 5.09. The second kappa shape index (κ2) is 5.56. The van der Waals surface area contributed by atoms with Crippen molar-refractivity contribution in [1.29, 1.82) is 0 Å². The molecule has 1 rings (SSSR count). The fourth-order valence-electron chi connectivity index (χ4n) is 1.22. The van der Waals surface area contributed by atoms with Crippen molar-refractivity contribution in [3.63, 3.8) is 0 Å². The van der Waals surface area contributed by atoms with Gasteiger partial charge in [-0.3, -0.25) is 4.79 Å². The molecule has 0 fully saturated rings. The minimum Gasteiger partial charge on any atom is -0.467 e. The van der Waals surface area contributed by atoms with Gasteiger partial charge in [-0.2, -0.15) is 0 Å². The molecule has 2 atom stereocenters. The molecule has 4 nitrogen and oxygen atoms in total. The minimum absolute atomic E-state index is 0.124. The van der Waals surface area contributed by atoms with Gasteiger partial charge in [0.2, 0.25) is 5.91 Å². The summed E-state index contributed by atoms with van der Waals surface area (Å²) in [4.78, 5) is 11.6. The molecule has 84 valence electrons. The van der Waals surface area contributed by atoms with Gasteiger partial charge in [0.1, 0.15) is 5.76 Å². The Morgan fingerprint density at radius 1 is 1.67 bits per heavy atom. The highest BCUT2D eigenvalue weighted by Gasteiger charge is 2.18. The van der Waals surface area contributed by atoms with E-state index in [0.717, 1.165) is 12.2 Å². The zero-order valence-electron chi connectivity index (χ0n) is 9.19. The van der Waals surface area contributed by atoms with Gasteiger partial charge in [-0.05, 0) is 18.1 Å². The average Bonchev–Trinajstić information content (AvgIpc) is 2.76. The molecule has 0 bridgehead atoms. The Balaban J connectivity index is 2.36. The van der Waals surface area contributed by atoms with E-state index in [1.54, 1.807) is 12.3 Å². The molecule has 1 aromatic rings. The third-order valence-corrected chi connectivity index (χ3v) is 2.58. The van der Waals surface area contributed by atoms with Crippen LogP contribution in [0.15, 0.2) is 22.8 Å². The molecule has 0 aliphatic carbocycles. The van der Waals surface area contributed by atoms with E-state index >= 15 is 0 Å². The van der Waals surface area contributed by atoms with Gasteiger partial charge in [-0.1, -0.05) is 20.3 Å². The number of amides is 1. The fourth-order valence-corrected chi connectivity index (χ4v) is 1.22. The second-order valence-corrected chi connectivity index (χ2v) is 3.71. The normalized spacial score (nSPS) is 14.6. The molecule has 0 aliphatic heterocycles. The first-order valence-corrected chi connectivity index (χ1v) is 5.20. The molecule has 0 saturated carbocycles. The zero-order chi connectivity index (χ0) is 11.3. The second-order valence-electron chi connectivity index (χ2n) is 3.71. The van der Waals surface area contributed by atoms with E-state index in [-0.39, 0.29) is 11.8 Å². The van der Waals surface area contributed by atoms with Crippen LogP contribution in [0, 0.1) is 5.92 Å². The highest BCUT2D eigenvalue weighted by molar-refractivity contribution is 5.81. The summed E-state index contributed by atoms with van der Waals surface area (Å²) in [7, 11) is 0. The molecule has 3 N–H and O–H groups in total. The van der Waals surface area contributed by atoms with E-state index < -0.39 is 6.04 Å². The Labute approximate surface area is 89.8 Å².